The molecule has 0 saturated heterocycles. The molecular weight excluding hydrogens is 216 g/mol. The van der Waals surface area contributed by atoms with E-state index in [4.69, 9.17) is 0 Å². The summed E-state index contributed by atoms with van der Waals surface area (Å²) in [5.74, 6) is 0. The molecule has 82 valence electrons. The predicted molar refractivity (Wildman–Crippen MR) is 63.4 cm³/mol. The van der Waals surface area contributed by atoms with Crippen LogP contribution in [0.5, 0.6) is 0 Å². The third-order valence-electron chi connectivity index (χ3n) is 2.45. The number of pyridine rings is 2. The Morgan fingerprint density at radius 3 is 2.71 bits per heavy atom. The van der Waals surface area contributed by atoms with Gasteiger partial charge in [-0.15, -0.1) is 0 Å². The van der Waals surface area contributed by atoms with Crippen LogP contribution in [0.25, 0.3) is 22.3 Å². The lowest BCUT2D eigenvalue weighted by Gasteiger charge is -2.02. The number of hydrogen-bond acceptors (Lipinski definition) is 4. The molecule has 0 unspecified atom stereocenters. The molecule has 0 radical (unpaired) electrons. The molecule has 0 aliphatic heterocycles. The quantitative estimate of drug-likeness (QED) is 0.677. The highest BCUT2D eigenvalue weighted by Gasteiger charge is 2.09. The van der Waals surface area contributed by atoms with Crippen molar-refractivity contribution in [2.45, 2.75) is 0 Å². The van der Waals surface area contributed by atoms with Crippen molar-refractivity contribution in [3.05, 3.63) is 53.1 Å². The Balaban J connectivity index is 2.39. The van der Waals surface area contributed by atoms with Gasteiger partial charge in [-0.3, -0.25) is 14.8 Å². The smallest absolute Gasteiger partial charge is 0.266 e. The summed E-state index contributed by atoms with van der Waals surface area (Å²) in [5.41, 5.74) is 1.43. The molecule has 0 atom stereocenters. The zero-order chi connectivity index (χ0) is 11.7. The van der Waals surface area contributed by atoms with E-state index in [0.29, 0.717) is 22.3 Å². The minimum atomic E-state index is -0.291. The minimum Gasteiger partial charge on any atom is -0.266 e. The van der Waals surface area contributed by atoms with E-state index in [1.165, 1.54) is 0 Å². The molecule has 3 aromatic heterocycles. The monoisotopic (exact) mass is 224 g/mol. The first kappa shape index (κ1) is 9.65. The van der Waals surface area contributed by atoms with Crippen molar-refractivity contribution in [2.75, 3.05) is 0 Å². The zero-order valence-corrected chi connectivity index (χ0v) is 8.79. The van der Waals surface area contributed by atoms with Crippen molar-refractivity contribution >= 4 is 10.9 Å². The summed E-state index contributed by atoms with van der Waals surface area (Å²) in [7, 11) is 0. The Morgan fingerprint density at radius 1 is 1.00 bits per heavy atom. The van der Waals surface area contributed by atoms with Crippen LogP contribution in [0.3, 0.4) is 0 Å². The van der Waals surface area contributed by atoms with E-state index >= 15 is 0 Å². The normalized spacial score (nSPS) is 10.6. The number of aromatic nitrogens is 4. The van der Waals surface area contributed by atoms with Gasteiger partial charge >= 0.3 is 0 Å². The maximum Gasteiger partial charge on any atom is 0.290 e. The van der Waals surface area contributed by atoms with Crippen molar-refractivity contribution < 1.29 is 0 Å². The van der Waals surface area contributed by atoms with Crippen LogP contribution in [0.15, 0.2) is 47.5 Å². The number of nitrogens with one attached hydrogen (secondary N) is 1. The highest BCUT2D eigenvalue weighted by Crippen LogP contribution is 2.20. The van der Waals surface area contributed by atoms with Gasteiger partial charge in [0.1, 0.15) is 11.2 Å². The molecule has 0 aliphatic carbocycles. The fourth-order valence-electron chi connectivity index (χ4n) is 1.70. The molecule has 5 nitrogen and oxygen atoms in total. The van der Waals surface area contributed by atoms with E-state index in [-0.39, 0.29) is 5.56 Å². The largest absolute Gasteiger partial charge is 0.290 e. The molecule has 0 bridgehead atoms. The molecule has 0 fully saturated rings. The number of rotatable bonds is 1. The van der Waals surface area contributed by atoms with Crippen molar-refractivity contribution in [3.8, 4) is 11.4 Å². The molecule has 0 aliphatic rings. The first-order chi connectivity index (χ1) is 8.36. The van der Waals surface area contributed by atoms with Crippen molar-refractivity contribution in [1.82, 2.24) is 20.2 Å². The fourth-order valence-corrected chi connectivity index (χ4v) is 1.70. The lowest BCUT2D eigenvalue weighted by atomic mass is 10.1. The highest BCUT2D eigenvalue weighted by molar-refractivity contribution is 5.90. The molecule has 0 amide bonds. The van der Waals surface area contributed by atoms with Gasteiger partial charge in [0.2, 0.25) is 0 Å². The Morgan fingerprint density at radius 2 is 1.88 bits per heavy atom. The fraction of sp³-hybridized carbons (Fsp3) is 0. The first-order valence-electron chi connectivity index (χ1n) is 5.11. The molecule has 3 rings (SSSR count). The van der Waals surface area contributed by atoms with Crippen LogP contribution in [-0.4, -0.2) is 20.2 Å². The number of nitrogens with zero attached hydrogens (tertiary/aromatic N) is 3. The lowest BCUT2D eigenvalue weighted by molar-refractivity contribution is 1.00. The van der Waals surface area contributed by atoms with Crippen LogP contribution in [-0.2, 0) is 0 Å². The zero-order valence-electron chi connectivity index (χ0n) is 8.79. The average molecular weight is 224 g/mol. The number of H-pyrrole nitrogens is 1. The molecule has 1 N–H and O–H groups in total. The van der Waals surface area contributed by atoms with Crippen molar-refractivity contribution in [2.24, 2.45) is 0 Å². The van der Waals surface area contributed by atoms with Crippen LogP contribution in [0.4, 0.5) is 0 Å². The third-order valence-corrected chi connectivity index (χ3v) is 2.45. The Kier molecular flexibility index (Phi) is 2.15. The first-order valence-corrected chi connectivity index (χ1v) is 5.11. The highest BCUT2D eigenvalue weighted by atomic mass is 16.1. The molecule has 3 heterocycles. The second-order valence-electron chi connectivity index (χ2n) is 3.52. The summed E-state index contributed by atoms with van der Waals surface area (Å²) >= 11 is 0. The molecule has 3 aromatic rings. The third kappa shape index (κ3) is 1.57. The Hall–Kier alpha value is -2.56. The number of fused-ring (bicyclic) bond motifs is 1. The SMILES string of the molecule is O=c1[nH]nc(-c2ccccn2)c2cccnc12. The second kappa shape index (κ2) is 3.79. The van der Waals surface area contributed by atoms with Crippen molar-refractivity contribution in [1.29, 1.82) is 0 Å². The number of aromatic amines is 1. The van der Waals surface area contributed by atoms with Gasteiger partial charge in [-0.05, 0) is 24.3 Å². The molecule has 5 heteroatoms. The van der Waals surface area contributed by atoms with Crippen LogP contribution in [0, 0.1) is 0 Å². The maximum atomic E-state index is 11.6. The molecule has 0 saturated carbocycles. The Labute approximate surface area is 96.2 Å². The lowest BCUT2D eigenvalue weighted by Crippen LogP contribution is -2.11. The minimum absolute atomic E-state index is 0.291. The standard InChI is InChI=1S/C12H8N4O/c17-12-11-8(4-3-7-14-11)10(15-16-12)9-5-1-2-6-13-9/h1-7H,(H,16,17). The summed E-state index contributed by atoms with van der Waals surface area (Å²) in [5, 5.41) is 7.17. The average Bonchev–Trinajstić information content (AvgIpc) is 2.41. The van der Waals surface area contributed by atoms with Gasteiger partial charge in [-0.2, -0.15) is 5.10 Å². The van der Waals surface area contributed by atoms with E-state index in [0.717, 1.165) is 0 Å². The van der Waals surface area contributed by atoms with Gasteiger partial charge in [0.05, 0.1) is 5.69 Å². The van der Waals surface area contributed by atoms with Crippen LogP contribution < -0.4 is 5.56 Å². The van der Waals surface area contributed by atoms with Crippen LogP contribution in [0.2, 0.25) is 0 Å². The van der Waals surface area contributed by atoms with E-state index in [1.54, 1.807) is 18.5 Å². The molecule has 0 spiro atoms. The van der Waals surface area contributed by atoms with Crippen LogP contribution in [0.1, 0.15) is 0 Å². The van der Waals surface area contributed by atoms with Crippen molar-refractivity contribution in [3.63, 3.8) is 0 Å². The molecule has 17 heavy (non-hydrogen) atoms. The summed E-state index contributed by atoms with van der Waals surface area (Å²) in [6, 6.07) is 9.13. The van der Waals surface area contributed by atoms with Crippen LogP contribution >= 0.6 is 0 Å². The van der Waals surface area contributed by atoms with Gasteiger partial charge in [0.15, 0.2) is 0 Å². The van der Waals surface area contributed by atoms with Gasteiger partial charge in [0.25, 0.3) is 5.56 Å². The Bertz CT molecular complexity index is 721. The topological polar surface area (TPSA) is 71.5 Å². The number of hydrogen-bond donors (Lipinski definition) is 1. The van der Waals surface area contributed by atoms with E-state index < -0.39 is 0 Å². The molecule has 0 aromatic carbocycles. The maximum absolute atomic E-state index is 11.6. The molecular formula is C12H8N4O. The summed E-state index contributed by atoms with van der Waals surface area (Å²) in [4.78, 5) is 19.8. The predicted octanol–water partition coefficient (Wildman–Crippen LogP) is 1.38. The summed E-state index contributed by atoms with van der Waals surface area (Å²) < 4.78 is 0. The summed E-state index contributed by atoms with van der Waals surface area (Å²) in [6.07, 6.45) is 3.27. The van der Waals surface area contributed by atoms with Gasteiger partial charge < -0.3 is 0 Å². The van der Waals surface area contributed by atoms with Gasteiger partial charge in [0, 0.05) is 17.8 Å². The van der Waals surface area contributed by atoms with Gasteiger partial charge in [-0.1, -0.05) is 6.07 Å². The second-order valence-corrected chi connectivity index (χ2v) is 3.52. The van der Waals surface area contributed by atoms with E-state index in [2.05, 4.69) is 20.2 Å². The van der Waals surface area contributed by atoms with E-state index in [9.17, 15) is 4.79 Å². The summed E-state index contributed by atoms with van der Waals surface area (Å²) in [6.45, 7) is 0. The van der Waals surface area contributed by atoms with Gasteiger partial charge in [-0.25, -0.2) is 5.10 Å². The van der Waals surface area contributed by atoms with E-state index in [1.807, 2.05) is 24.3 Å².